The second-order valence-electron chi connectivity index (χ2n) is 4.94. The molecule has 0 radical (unpaired) electrons. The van der Waals surface area contributed by atoms with E-state index >= 15 is 0 Å². The first-order valence-electron chi connectivity index (χ1n) is 7.25. The van der Waals surface area contributed by atoms with E-state index in [1.165, 1.54) is 23.5 Å². The van der Waals surface area contributed by atoms with Gasteiger partial charge in [0.25, 0.3) is 5.22 Å². The zero-order chi connectivity index (χ0) is 17.6. The molecule has 10 heteroatoms. The Bertz CT molecular complexity index is 850. The maximum absolute atomic E-state index is 12.8. The van der Waals surface area contributed by atoms with Gasteiger partial charge in [-0.2, -0.15) is 0 Å². The summed E-state index contributed by atoms with van der Waals surface area (Å²) in [6.45, 7) is 2.23. The largest absolute Gasteiger partial charge is 0.414 e. The highest BCUT2D eigenvalue weighted by Crippen LogP contribution is 2.19. The zero-order valence-electron chi connectivity index (χ0n) is 13.2. The average Bonchev–Trinajstić information content (AvgIpc) is 3.21. The highest BCUT2D eigenvalue weighted by molar-refractivity contribution is 7.99. The summed E-state index contributed by atoms with van der Waals surface area (Å²) in [5.41, 5.74) is 0.743. The van der Waals surface area contributed by atoms with E-state index < -0.39 is 0 Å². The first-order valence-corrected chi connectivity index (χ1v) is 9.05. The van der Waals surface area contributed by atoms with Crippen molar-refractivity contribution in [3.8, 4) is 0 Å². The first kappa shape index (κ1) is 17.4. The highest BCUT2D eigenvalue weighted by atomic mass is 32.2. The predicted molar refractivity (Wildman–Crippen MR) is 94.2 cm³/mol. The van der Waals surface area contributed by atoms with Crippen LogP contribution >= 0.6 is 23.1 Å². The molecule has 2 heterocycles. The van der Waals surface area contributed by atoms with E-state index in [1.54, 1.807) is 18.3 Å². The molecule has 3 aromatic rings. The van der Waals surface area contributed by atoms with E-state index in [-0.39, 0.29) is 17.5 Å². The number of aryl methyl sites for hydroxylation is 1. The van der Waals surface area contributed by atoms with Crippen LogP contribution in [0.3, 0.4) is 0 Å². The first-order chi connectivity index (χ1) is 12.1. The van der Waals surface area contributed by atoms with Gasteiger partial charge in [-0.05, 0) is 31.2 Å². The maximum atomic E-state index is 12.8. The lowest BCUT2D eigenvalue weighted by Crippen LogP contribution is -2.13. The maximum Gasteiger partial charge on any atom is 0.277 e. The van der Waals surface area contributed by atoms with Gasteiger partial charge in [0.15, 0.2) is 5.13 Å². The molecule has 130 valence electrons. The standard InChI is InChI=1S/C15H14FN5O2S2/c1-9-6-18-14(25-9)19-12(22)8-24-15-21-20-13(23-15)7-17-11-4-2-10(16)3-5-11/h2-6,17H,7-8H2,1H3,(H,18,19,22). The molecule has 2 N–H and O–H groups in total. The van der Waals surface area contributed by atoms with Crippen LogP contribution < -0.4 is 10.6 Å². The number of nitrogens with zero attached hydrogens (tertiary/aromatic N) is 3. The van der Waals surface area contributed by atoms with Crippen molar-refractivity contribution in [2.75, 3.05) is 16.4 Å². The summed E-state index contributed by atoms with van der Waals surface area (Å²) in [6.07, 6.45) is 1.70. The van der Waals surface area contributed by atoms with Gasteiger partial charge in [-0.1, -0.05) is 11.8 Å². The fourth-order valence-electron chi connectivity index (χ4n) is 1.81. The Balaban J connectivity index is 1.44. The van der Waals surface area contributed by atoms with Crippen LogP contribution in [0.15, 0.2) is 40.1 Å². The molecule has 0 aliphatic heterocycles. The van der Waals surface area contributed by atoms with Gasteiger partial charge in [-0.15, -0.1) is 21.5 Å². The van der Waals surface area contributed by atoms with Crippen LogP contribution in [-0.4, -0.2) is 26.8 Å². The molecule has 3 rings (SSSR count). The van der Waals surface area contributed by atoms with Crippen LogP contribution in [0, 0.1) is 12.7 Å². The van der Waals surface area contributed by atoms with Crippen molar-refractivity contribution in [1.82, 2.24) is 15.2 Å². The van der Waals surface area contributed by atoms with Gasteiger partial charge < -0.3 is 15.1 Å². The van der Waals surface area contributed by atoms with Crippen molar-refractivity contribution in [3.05, 3.63) is 47.0 Å². The second kappa shape index (κ2) is 8.08. The minimum Gasteiger partial charge on any atom is -0.414 e. The lowest BCUT2D eigenvalue weighted by molar-refractivity contribution is -0.113. The van der Waals surface area contributed by atoms with Gasteiger partial charge in [0.2, 0.25) is 11.8 Å². The summed E-state index contributed by atoms with van der Waals surface area (Å²) in [6, 6.07) is 5.96. The molecule has 0 atom stereocenters. The number of hydrogen-bond acceptors (Lipinski definition) is 8. The number of benzene rings is 1. The Hall–Kier alpha value is -2.46. The molecule has 0 aliphatic rings. The Labute approximate surface area is 151 Å². The number of thioether (sulfide) groups is 1. The molecule has 25 heavy (non-hydrogen) atoms. The monoisotopic (exact) mass is 379 g/mol. The Morgan fingerprint density at radius 1 is 1.32 bits per heavy atom. The topological polar surface area (TPSA) is 92.9 Å². The van der Waals surface area contributed by atoms with Gasteiger partial charge in [0.05, 0.1) is 12.3 Å². The molecule has 1 amide bonds. The molecule has 0 fully saturated rings. The highest BCUT2D eigenvalue weighted by Gasteiger charge is 2.11. The number of nitrogens with one attached hydrogen (secondary N) is 2. The van der Waals surface area contributed by atoms with Gasteiger partial charge >= 0.3 is 0 Å². The molecule has 0 unspecified atom stereocenters. The van der Waals surface area contributed by atoms with Crippen molar-refractivity contribution in [2.45, 2.75) is 18.7 Å². The molecular weight excluding hydrogens is 365 g/mol. The zero-order valence-corrected chi connectivity index (χ0v) is 14.8. The quantitative estimate of drug-likeness (QED) is 0.608. The van der Waals surface area contributed by atoms with Crippen LogP contribution in [-0.2, 0) is 11.3 Å². The lowest BCUT2D eigenvalue weighted by Gasteiger charge is -2.02. The second-order valence-corrected chi connectivity index (χ2v) is 7.10. The number of anilines is 2. The lowest BCUT2D eigenvalue weighted by atomic mass is 10.3. The number of hydrogen-bond donors (Lipinski definition) is 2. The van der Waals surface area contributed by atoms with Crippen molar-refractivity contribution < 1.29 is 13.6 Å². The molecule has 1 aromatic carbocycles. The molecule has 0 bridgehead atoms. The van der Waals surface area contributed by atoms with E-state index in [4.69, 9.17) is 4.42 Å². The van der Waals surface area contributed by atoms with Gasteiger partial charge in [0, 0.05) is 16.8 Å². The minimum absolute atomic E-state index is 0.144. The Kier molecular flexibility index (Phi) is 5.61. The number of carbonyl (C=O) groups is 1. The molecule has 0 saturated heterocycles. The molecule has 0 saturated carbocycles. The van der Waals surface area contributed by atoms with Crippen molar-refractivity contribution in [3.63, 3.8) is 0 Å². The molecule has 7 nitrogen and oxygen atoms in total. The van der Waals surface area contributed by atoms with Crippen molar-refractivity contribution in [1.29, 1.82) is 0 Å². The normalized spacial score (nSPS) is 10.6. The number of amides is 1. The summed E-state index contributed by atoms with van der Waals surface area (Å²) in [4.78, 5) is 16.9. The van der Waals surface area contributed by atoms with Crippen LogP contribution in [0.2, 0.25) is 0 Å². The van der Waals surface area contributed by atoms with E-state index in [9.17, 15) is 9.18 Å². The van der Waals surface area contributed by atoms with E-state index in [0.717, 1.165) is 22.3 Å². The third-order valence-corrected chi connectivity index (χ3v) is 4.58. The summed E-state index contributed by atoms with van der Waals surface area (Å²) in [5, 5.41) is 14.4. The minimum atomic E-state index is -0.298. The fraction of sp³-hybridized carbons (Fsp3) is 0.200. The number of carbonyl (C=O) groups excluding carboxylic acids is 1. The summed E-state index contributed by atoms with van der Waals surface area (Å²) in [5.74, 6) is 0.0330. The molecule has 0 aliphatic carbocycles. The molecule has 0 spiro atoms. The van der Waals surface area contributed by atoms with Crippen LogP contribution in [0.25, 0.3) is 0 Å². The third kappa shape index (κ3) is 5.26. The summed E-state index contributed by atoms with van der Waals surface area (Å²) in [7, 11) is 0. The van der Waals surface area contributed by atoms with Crippen LogP contribution in [0.1, 0.15) is 10.8 Å². The predicted octanol–water partition coefficient (Wildman–Crippen LogP) is 3.32. The number of rotatable bonds is 7. The molecule has 2 aromatic heterocycles. The third-order valence-electron chi connectivity index (χ3n) is 2.93. The smallest absolute Gasteiger partial charge is 0.277 e. The Morgan fingerprint density at radius 3 is 2.84 bits per heavy atom. The summed E-state index contributed by atoms with van der Waals surface area (Å²) >= 11 is 2.56. The van der Waals surface area contributed by atoms with Crippen molar-refractivity contribution >= 4 is 39.8 Å². The average molecular weight is 379 g/mol. The molecular formula is C15H14FN5O2S2. The van der Waals surface area contributed by atoms with E-state index in [0.29, 0.717) is 22.8 Å². The van der Waals surface area contributed by atoms with Crippen LogP contribution in [0.5, 0.6) is 0 Å². The van der Waals surface area contributed by atoms with Gasteiger partial charge in [-0.25, -0.2) is 9.37 Å². The van der Waals surface area contributed by atoms with Gasteiger partial charge in [-0.3, -0.25) is 4.79 Å². The summed E-state index contributed by atoms with van der Waals surface area (Å²) < 4.78 is 18.3. The van der Waals surface area contributed by atoms with Crippen LogP contribution in [0.4, 0.5) is 15.2 Å². The number of aromatic nitrogens is 3. The fourth-order valence-corrected chi connectivity index (χ4v) is 3.07. The van der Waals surface area contributed by atoms with E-state index in [2.05, 4.69) is 25.8 Å². The SMILES string of the molecule is Cc1cnc(NC(=O)CSc2nnc(CNc3ccc(F)cc3)o2)s1. The number of halogens is 1. The van der Waals surface area contributed by atoms with E-state index in [1.807, 2.05) is 6.92 Å². The van der Waals surface area contributed by atoms with Gasteiger partial charge in [0.1, 0.15) is 5.82 Å². The Morgan fingerprint density at radius 2 is 2.12 bits per heavy atom. The van der Waals surface area contributed by atoms with Crippen molar-refractivity contribution in [2.24, 2.45) is 0 Å². The number of thiazole rings is 1.